The zero-order valence-electron chi connectivity index (χ0n) is 16.9. The summed E-state index contributed by atoms with van der Waals surface area (Å²) in [6.07, 6.45) is 0.0301. The highest BCUT2D eigenvalue weighted by Gasteiger charge is 2.24. The average molecular weight is 404 g/mol. The molecule has 1 amide bonds. The maximum Gasteiger partial charge on any atom is 0.355 e. The van der Waals surface area contributed by atoms with Crippen molar-refractivity contribution in [1.29, 1.82) is 0 Å². The molecule has 2 N–H and O–H groups in total. The SMILES string of the molecule is Cc1[nH]c(C(=O)OCC(=O)NCCc2ccccc2F)c(C)c1C(=O)OC(C)C. The van der Waals surface area contributed by atoms with Gasteiger partial charge in [-0.05, 0) is 51.3 Å². The van der Waals surface area contributed by atoms with E-state index in [4.69, 9.17) is 9.47 Å². The minimum Gasteiger partial charge on any atom is -0.459 e. The normalized spacial score (nSPS) is 10.7. The predicted octanol–water partition coefficient (Wildman–Crippen LogP) is 2.85. The third-order valence-corrected chi connectivity index (χ3v) is 4.20. The van der Waals surface area contributed by atoms with Crippen molar-refractivity contribution in [2.24, 2.45) is 0 Å². The molecule has 8 heteroatoms. The summed E-state index contributed by atoms with van der Waals surface area (Å²) in [4.78, 5) is 39.1. The van der Waals surface area contributed by atoms with Crippen molar-refractivity contribution >= 4 is 17.8 Å². The van der Waals surface area contributed by atoms with E-state index in [9.17, 15) is 18.8 Å². The lowest BCUT2D eigenvalue weighted by molar-refractivity contribution is -0.124. The van der Waals surface area contributed by atoms with Crippen LogP contribution >= 0.6 is 0 Å². The monoisotopic (exact) mass is 404 g/mol. The van der Waals surface area contributed by atoms with Gasteiger partial charge in [0.25, 0.3) is 5.91 Å². The second-order valence-electron chi connectivity index (χ2n) is 6.85. The number of amides is 1. The first-order valence-electron chi connectivity index (χ1n) is 9.28. The Kier molecular flexibility index (Phi) is 7.52. The molecule has 0 unspecified atom stereocenters. The fourth-order valence-corrected chi connectivity index (χ4v) is 2.83. The lowest BCUT2D eigenvalue weighted by Crippen LogP contribution is -2.30. The predicted molar refractivity (Wildman–Crippen MR) is 104 cm³/mol. The van der Waals surface area contributed by atoms with E-state index in [0.717, 1.165) is 0 Å². The first-order chi connectivity index (χ1) is 13.7. The number of aryl methyl sites for hydroxylation is 1. The van der Waals surface area contributed by atoms with E-state index in [1.54, 1.807) is 45.9 Å². The highest BCUT2D eigenvalue weighted by atomic mass is 19.1. The summed E-state index contributed by atoms with van der Waals surface area (Å²) in [6.45, 7) is 6.44. The Labute approximate surface area is 168 Å². The molecule has 0 radical (unpaired) electrons. The van der Waals surface area contributed by atoms with Gasteiger partial charge in [0.2, 0.25) is 0 Å². The molecule has 0 aliphatic carbocycles. The summed E-state index contributed by atoms with van der Waals surface area (Å²) in [5, 5.41) is 2.57. The summed E-state index contributed by atoms with van der Waals surface area (Å²) >= 11 is 0. The Morgan fingerprint density at radius 3 is 2.48 bits per heavy atom. The van der Waals surface area contributed by atoms with Gasteiger partial charge in [0.05, 0.1) is 11.7 Å². The van der Waals surface area contributed by atoms with Crippen molar-refractivity contribution in [2.45, 2.75) is 40.2 Å². The molecule has 1 aromatic carbocycles. The van der Waals surface area contributed by atoms with Crippen molar-refractivity contribution in [3.8, 4) is 0 Å². The average Bonchev–Trinajstić information content (AvgIpc) is 2.95. The smallest absolute Gasteiger partial charge is 0.355 e. The Morgan fingerprint density at radius 1 is 1.14 bits per heavy atom. The molecule has 1 heterocycles. The fraction of sp³-hybridized carbons (Fsp3) is 0.381. The van der Waals surface area contributed by atoms with Crippen LogP contribution in [0.4, 0.5) is 4.39 Å². The van der Waals surface area contributed by atoms with Gasteiger partial charge in [-0.2, -0.15) is 0 Å². The Hall–Kier alpha value is -3.16. The second-order valence-corrected chi connectivity index (χ2v) is 6.85. The number of aromatic amines is 1. The number of esters is 2. The van der Waals surface area contributed by atoms with Crippen LogP contribution in [-0.4, -0.2) is 42.1 Å². The van der Waals surface area contributed by atoms with Gasteiger partial charge in [-0.3, -0.25) is 4.79 Å². The minimum atomic E-state index is -0.751. The summed E-state index contributed by atoms with van der Waals surface area (Å²) in [6, 6.07) is 6.30. The van der Waals surface area contributed by atoms with Crippen LogP contribution in [0.2, 0.25) is 0 Å². The van der Waals surface area contributed by atoms with Gasteiger partial charge in [0.15, 0.2) is 6.61 Å². The highest BCUT2D eigenvalue weighted by Crippen LogP contribution is 2.20. The Balaban J connectivity index is 1.88. The van der Waals surface area contributed by atoms with Crippen molar-refractivity contribution in [3.05, 3.63) is 58.2 Å². The quantitative estimate of drug-likeness (QED) is 0.660. The molecule has 0 bridgehead atoms. The lowest BCUT2D eigenvalue weighted by Gasteiger charge is -2.08. The third kappa shape index (κ3) is 5.91. The van der Waals surface area contributed by atoms with Crippen molar-refractivity contribution in [3.63, 3.8) is 0 Å². The number of hydrogen-bond donors (Lipinski definition) is 2. The van der Waals surface area contributed by atoms with E-state index in [1.807, 2.05) is 0 Å². The molecule has 0 aliphatic heterocycles. The van der Waals surface area contributed by atoms with Crippen LogP contribution in [0.5, 0.6) is 0 Å². The first-order valence-corrected chi connectivity index (χ1v) is 9.28. The zero-order chi connectivity index (χ0) is 21.6. The maximum atomic E-state index is 13.5. The largest absolute Gasteiger partial charge is 0.459 e. The molecule has 0 saturated heterocycles. The van der Waals surface area contributed by atoms with E-state index in [0.29, 0.717) is 23.2 Å². The summed E-state index contributed by atoms with van der Waals surface area (Å²) < 4.78 is 23.7. The molecule has 7 nitrogen and oxygen atoms in total. The molecule has 1 aromatic heterocycles. The molecule has 0 spiro atoms. The number of carbonyl (C=O) groups is 3. The van der Waals surface area contributed by atoms with Gasteiger partial charge in [0.1, 0.15) is 11.5 Å². The molecule has 0 atom stereocenters. The molecule has 0 saturated carbocycles. The Morgan fingerprint density at radius 2 is 1.83 bits per heavy atom. The Bertz CT molecular complexity index is 904. The molecule has 0 fully saturated rings. The number of carbonyl (C=O) groups excluding carboxylic acids is 3. The van der Waals surface area contributed by atoms with Crippen LogP contribution in [-0.2, 0) is 20.7 Å². The third-order valence-electron chi connectivity index (χ3n) is 4.20. The van der Waals surface area contributed by atoms with Gasteiger partial charge in [-0.1, -0.05) is 18.2 Å². The molecular weight excluding hydrogens is 379 g/mol. The first kappa shape index (κ1) is 22.1. The summed E-state index contributed by atoms with van der Waals surface area (Å²) in [5.41, 5.74) is 1.74. The standard InChI is InChI=1S/C21H25FN2O5/c1-12(2)29-20(26)18-13(3)19(24-14(18)4)21(27)28-11-17(25)23-10-9-15-7-5-6-8-16(15)22/h5-8,12,24H,9-11H2,1-4H3,(H,23,25). The van der Waals surface area contributed by atoms with Crippen molar-refractivity contribution < 1.29 is 28.2 Å². The van der Waals surface area contributed by atoms with Crippen LogP contribution in [0, 0.1) is 19.7 Å². The number of halogens is 1. The molecule has 156 valence electrons. The molecule has 29 heavy (non-hydrogen) atoms. The topological polar surface area (TPSA) is 97.5 Å². The van der Waals surface area contributed by atoms with Gasteiger partial charge in [0, 0.05) is 12.2 Å². The second kappa shape index (κ2) is 9.86. The van der Waals surface area contributed by atoms with E-state index in [-0.39, 0.29) is 29.7 Å². The van der Waals surface area contributed by atoms with Gasteiger partial charge in [-0.15, -0.1) is 0 Å². The molecule has 0 aliphatic rings. The number of hydrogen-bond acceptors (Lipinski definition) is 5. The number of ether oxygens (including phenoxy) is 2. The van der Waals surface area contributed by atoms with E-state index >= 15 is 0 Å². The minimum absolute atomic E-state index is 0.0948. The van der Waals surface area contributed by atoms with Crippen molar-refractivity contribution in [1.82, 2.24) is 10.3 Å². The summed E-state index contributed by atoms with van der Waals surface area (Å²) in [7, 11) is 0. The van der Waals surface area contributed by atoms with Crippen LogP contribution in [0.3, 0.4) is 0 Å². The number of nitrogens with one attached hydrogen (secondary N) is 2. The number of H-pyrrole nitrogens is 1. The van der Waals surface area contributed by atoms with Gasteiger partial charge in [-0.25, -0.2) is 14.0 Å². The molecule has 2 aromatic rings. The number of benzene rings is 1. The number of rotatable bonds is 8. The number of aromatic nitrogens is 1. The molecular formula is C21H25FN2O5. The van der Waals surface area contributed by atoms with Crippen LogP contribution in [0.1, 0.15) is 51.5 Å². The lowest BCUT2D eigenvalue weighted by atomic mass is 10.1. The van der Waals surface area contributed by atoms with Crippen LogP contribution in [0.25, 0.3) is 0 Å². The van der Waals surface area contributed by atoms with Crippen molar-refractivity contribution in [2.75, 3.05) is 13.2 Å². The maximum absolute atomic E-state index is 13.5. The summed E-state index contributed by atoms with van der Waals surface area (Å²) in [5.74, 6) is -2.12. The van der Waals surface area contributed by atoms with Gasteiger partial charge >= 0.3 is 11.9 Å². The van der Waals surface area contributed by atoms with Crippen LogP contribution in [0.15, 0.2) is 24.3 Å². The highest BCUT2D eigenvalue weighted by molar-refractivity contribution is 5.99. The fourth-order valence-electron chi connectivity index (χ4n) is 2.83. The zero-order valence-corrected chi connectivity index (χ0v) is 16.9. The van der Waals surface area contributed by atoms with E-state index in [1.165, 1.54) is 6.07 Å². The van der Waals surface area contributed by atoms with E-state index < -0.39 is 24.5 Å². The van der Waals surface area contributed by atoms with E-state index in [2.05, 4.69) is 10.3 Å². The van der Waals surface area contributed by atoms with Crippen LogP contribution < -0.4 is 5.32 Å². The van der Waals surface area contributed by atoms with Gasteiger partial charge < -0.3 is 19.8 Å². The molecule has 2 rings (SSSR count).